The second-order valence-electron chi connectivity index (χ2n) is 9.25. The van der Waals surface area contributed by atoms with Gasteiger partial charge < -0.3 is 4.74 Å². The number of carbonyl (C=O) groups is 1. The van der Waals surface area contributed by atoms with Crippen molar-refractivity contribution in [1.29, 1.82) is 0 Å². The van der Waals surface area contributed by atoms with Crippen molar-refractivity contribution in [3.8, 4) is 5.75 Å². The van der Waals surface area contributed by atoms with Gasteiger partial charge in [0.2, 0.25) is 0 Å². The van der Waals surface area contributed by atoms with Gasteiger partial charge in [0.1, 0.15) is 5.75 Å². The lowest BCUT2D eigenvalue weighted by Gasteiger charge is -2.34. The SMILES string of the molecule is CC(C)Oc1ccc(/C=C2/S/C(=N/N=C3/C[C@@H]4CC[C@]3(C)C4(C)C)NC2=O)cc1. The number of thioether (sulfide) groups is 1. The van der Waals surface area contributed by atoms with E-state index in [1.165, 1.54) is 30.3 Å². The highest BCUT2D eigenvalue weighted by Gasteiger charge is 2.60. The predicted octanol–water partition coefficient (Wildman–Crippen LogP) is 5.24. The number of hydrogen-bond acceptors (Lipinski definition) is 5. The van der Waals surface area contributed by atoms with Crippen molar-refractivity contribution in [3.05, 3.63) is 34.7 Å². The average Bonchev–Trinajstić information content (AvgIpc) is 3.18. The van der Waals surface area contributed by atoms with Gasteiger partial charge in [0.05, 0.1) is 11.0 Å². The van der Waals surface area contributed by atoms with E-state index in [-0.39, 0.29) is 22.8 Å². The molecule has 0 radical (unpaired) electrons. The Hall–Kier alpha value is -2.08. The molecule has 1 heterocycles. The van der Waals surface area contributed by atoms with Crippen LogP contribution in [-0.2, 0) is 4.79 Å². The van der Waals surface area contributed by atoms with E-state index in [0.717, 1.165) is 17.7 Å². The minimum atomic E-state index is -0.129. The topological polar surface area (TPSA) is 63.1 Å². The predicted molar refractivity (Wildman–Crippen MR) is 120 cm³/mol. The van der Waals surface area contributed by atoms with Crippen LogP contribution in [0.2, 0.25) is 0 Å². The van der Waals surface area contributed by atoms with E-state index in [9.17, 15) is 4.79 Å². The zero-order chi connectivity index (χ0) is 20.8. The van der Waals surface area contributed by atoms with Gasteiger partial charge in [-0.15, -0.1) is 5.10 Å². The van der Waals surface area contributed by atoms with Crippen molar-refractivity contribution in [2.24, 2.45) is 27.0 Å². The van der Waals surface area contributed by atoms with Crippen molar-refractivity contribution < 1.29 is 9.53 Å². The summed E-state index contributed by atoms with van der Waals surface area (Å²) in [7, 11) is 0. The molecule has 2 bridgehead atoms. The number of benzene rings is 1. The Labute approximate surface area is 177 Å². The van der Waals surface area contributed by atoms with Gasteiger partial charge >= 0.3 is 0 Å². The number of rotatable bonds is 4. The Morgan fingerprint density at radius 2 is 1.93 bits per heavy atom. The first-order chi connectivity index (χ1) is 13.7. The maximum absolute atomic E-state index is 12.3. The number of amidine groups is 1. The molecule has 1 amide bonds. The average molecular weight is 412 g/mol. The van der Waals surface area contributed by atoms with E-state index in [0.29, 0.717) is 16.0 Å². The van der Waals surface area contributed by atoms with Crippen molar-refractivity contribution >= 4 is 34.6 Å². The van der Waals surface area contributed by atoms with Crippen LogP contribution in [0.5, 0.6) is 5.75 Å². The van der Waals surface area contributed by atoms with E-state index in [4.69, 9.17) is 4.74 Å². The minimum Gasteiger partial charge on any atom is -0.491 e. The highest BCUT2D eigenvalue weighted by molar-refractivity contribution is 8.18. The zero-order valence-corrected chi connectivity index (χ0v) is 18.6. The molecule has 154 valence electrons. The molecule has 3 fully saturated rings. The number of nitrogens with zero attached hydrogens (tertiary/aromatic N) is 2. The first kappa shape index (κ1) is 20.2. The molecule has 0 spiro atoms. The number of carbonyl (C=O) groups excluding carboxylic acids is 1. The maximum Gasteiger partial charge on any atom is 0.264 e. The van der Waals surface area contributed by atoms with Crippen LogP contribution in [0.1, 0.15) is 59.4 Å². The lowest BCUT2D eigenvalue weighted by Crippen LogP contribution is -2.32. The first-order valence-electron chi connectivity index (χ1n) is 10.3. The van der Waals surface area contributed by atoms with E-state index in [2.05, 4.69) is 36.3 Å². The zero-order valence-electron chi connectivity index (χ0n) is 17.8. The molecule has 2 aliphatic carbocycles. The highest BCUT2D eigenvalue weighted by atomic mass is 32.2. The normalized spacial score (nSPS) is 32.0. The number of fused-ring (bicyclic) bond motifs is 2. The Morgan fingerprint density at radius 1 is 1.21 bits per heavy atom. The third-order valence-electron chi connectivity index (χ3n) is 6.97. The molecule has 2 atom stereocenters. The molecule has 1 saturated heterocycles. The number of hydrogen-bond donors (Lipinski definition) is 1. The number of nitrogens with one attached hydrogen (secondary N) is 1. The smallest absolute Gasteiger partial charge is 0.264 e. The van der Waals surface area contributed by atoms with E-state index >= 15 is 0 Å². The Morgan fingerprint density at radius 3 is 2.52 bits per heavy atom. The molecular formula is C23H29N3O2S. The largest absolute Gasteiger partial charge is 0.491 e. The molecule has 1 aromatic carbocycles. The summed E-state index contributed by atoms with van der Waals surface area (Å²) >= 11 is 1.34. The van der Waals surface area contributed by atoms with Gasteiger partial charge in [-0.05, 0) is 80.0 Å². The summed E-state index contributed by atoms with van der Waals surface area (Å²) in [6.45, 7) is 11.0. The summed E-state index contributed by atoms with van der Waals surface area (Å²) < 4.78 is 5.66. The fourth-order valence-electron chi connectivity index (χ4n) is 4.73. The Bertz CT molecular complexity index is 915. The summed E-state index contributed by atoms with van der Waals surface area (Å²) in [6.07, 6.45) is 5.48. The van der Waals surface area contributed by atoms with Crippen LogP contribution < -0.4 is 10.1 Å². The van der Waals surface area contributed by atoms with Gasteiger partial charge in [-0.1, -0.05) is 32.9 Å². The fourth-order valence-corrected chi connectivity index (χ4v) is 5.50. The molecule has 2 saturated carbocycles. The lowest BCUT2D eigenvalue weighted by atomic mass is 9.70. The second-order valence-corrected chi connectivity index (χ2v) is 10.3. The quantitative estimate of drug-likeness (QED) is 0.545. The van der Waals surface area contributed by atoms with E-state index < -0.39 is 0 Å². The van der Waals surface area contributed by atoms with E-state index in [1.54, 1.807) is 0 Å². The van der Waals surface area contributed by atoms with E-state index in [1.807, 2.05) is 44.2 Å². The highest BCUT2D eigenvalue weighted by Crippen LogP contribution is 2.64. The van der Waals surface area contributed by atoms with Gasteiger partial charge in [0.25, 0.3) is 5.91 Å². The lowest BCUT2D eigenvalue weighted by molar-refractivity contribution is -0.115. The van der Waals surface area contributed by atoms with Crippen LogP contribution in [0, 0.1) is 16.7 Å². The van der Waals surface area contributed by atoms with Crippen LogP contribution in [0.3, 0.4) is 0 Å². The molecule has 3 aliphatic rings. The Balaban J connectivity index is 1.48. The summed E-state index contributed by atoms with van der Waals surface area (Å²) in [5.41, 5.74) is 2.52. The monoisotopic (exact) mass is 411 g/mol. The van der Waals surface area contributed by atoms with Gasteiger partial charge in [0.15, 0.2) is 5.17 Å². The maximum atomic E-state index is 12.3. The number of amides is 1. The first-order valence-corrected chi connectivity index (χ1v) is 11.1. The molecule has 5 nitrogen and oxygen atoms in total. The summed E-state index contributed by atoms with van der Waals surface area (Å²) in [5, 5.41) is 12.4. The van der Waals surface area contributed by atoms with Crippen molar-refractivity contribution in [2.75, 3.05) is 0 Å². The fraction of sp³-hybridized carbons (Fsp3) is 0.522. The minimum absolute atomic E-state index is 0.119. The molecule has 1 aromatic rings. The van der Waals surface area contributed by atoms with Crippen LogP contribution in [0.25, 0.3) is 6.08 Å². The standard InChI is InChI=1S/C23H29N3O2S/c1-14(2)28-17-8-6-15(7-9-17)12-18-20(27)24-21(29-18)26-25-19-13-16-10-11-23(19,5)22(16,3)4/h6-9,12,14,16H,10-11,13H2,1-5H3,(H,24,26,27)/b18-12+,25-19-/t16-,23-/m0/s1. The van der Waals surface area contributed by atoms with Gasteiger partial charge in [-0.3, -0.25) is 10.1 Å². The van der Waals surface area contributed by atoms with Crippen LogP contribution in [0.4, 0.5) is 0 Å². The molecule has 1 aliphatic heterocycles. The molecule has 1 N–H and O–H groups in total. The summed E-state index contributed by atoms with van der Waals surface area (Å²) in [6, 6.07) is 7.74. The van der Waals surface area contributed by atoms with Gasteiger partial charge in [-0.2, -0.15) is 5.10 Å². The summed E-state index contributed by atoms with van der Waals surface area (Å²) in [5.74, 6) is 1.39. The molecule has 0 aromatic heterocycles. The molecule has 29 heavy (non-hydrogen) atoms. The van der Waals surface area contributed by atoms with Gasteiger partial charge in [0, 0.05) is 11.1 Å². The van der Waals surface area contributed by atoms with Gasteiger partial charge in [-0.25, -0.2) is 0 Å². The van der Waals surface area contributed by atoms with Crippen LogP contribution in [0.15, 0.2) is 39.4 Å². The molecular weight excluding hydrogens is 382 g/mol. The molecule has 6 heteroatoms. The Kier molecular flexibility index (Phi) is 5.09. The molecule has 4 rings (SSSR count). The number of ether oxygens (including phenoxy) is 1. The van der Waals surface area contributed by atoms with Crippen molar-refractivity contribution in [2.45, 2.75) is 60.0 Å². The van der Waals surface area contributed by atoms with Crippen molar-refractivity contribution in [1.82, 2.24) is 5.32 Å². The van der Waals surface area contributed by atoms with Crippen LogP contribution >= 0.6 is 11.8 Å². The second kappa shape index (κ2) is 7.31. The third kappa shape index (κ3) is 3.63. The molecule has 0 unspecified atom stereocenters. The third-order valence-corrected chi connectivity index (χ3v) is 7.87. The van der Waals surface area contributed by atoms with Crippen LogP contribution in [-0.4, -0.2) is 22.9 Å². The van der Waals surface area contributed by atoms with Crippen molar-refractivity contribution in [3.63, 3.8) is 0 Å². The summed E-state index contributed by atoms with van der Waals surface area (Å²) in [4.78, 5) is 13.0.